The highest BCUT2D eigenvalue weighted by molar-refractivity contribution is 7.98. The average molecular weight is 420 g/mol. The van der Waals surface area contributed by atoms with Crippen molar-refractivity contribution in [2.24, 2.45) is 0 Å². The Balaban J connectivity index is 1.60. The highest BCUT2D eigenvalue weighted by atomic mass is 32.2. The largest absolute Gasteiger partial charge is 0.573 e. The second kappa shape index (κ2) is 8.48. The van der Waals surface area contributed by atoms with E-state index in [1.165, 1.54) is 30.3 Å². The van der Waals surface area contributed by atoms with Crippen molar-refractivity contribution in [2.45, 2.75) is 6.36 Å². The van der Waals surface area contributed by atoms with Crippen LogP contribution in [0.4, 0.5) is 18.9 Å². The molecule has 0 saturated carbocycles. The molecule has 1 aliphatic rings. The molecule has 2 heterocycles. The number of hydrogen-bond acceptors (Lipinski definition) is 6. The zero-order chi connectivity index (χ0) is 20.3. The van der Waals surface area contributed by atoms with Gasteiger partial charge in [0, 0.05) is 49.3 Å². The Labute approximate surface area is 170 Å². The number of rotatable bonds is 5. The lowest BCUT2D eigenvalue weighted by molar-refractivity contribution is -0.274. The molecule has 4 rings (SSSR count). The zero-order valence-electron chi connectivity index (χ0n) is 15.4. The second-order valence-electron chi connectivity index (χ2n) is 6.52. The predicted molar refractivity (Wildman–Crippen MR) is 110 cm³/mol. The number of hydrogen-bond donors (Lipinski definition) is 2. The predicted octanol–water partition coefficient (Wildman–Crippen LogP) is 4.68. The van der Waals surface area contributed by atoms with Gasteiger partial charge in [0.25, 0.3) is 0 Å². The molecule has 1 aliphatic heterocycles. The van der Waals surface area contributed by atoms with E-state index >= 15 is 0 Å². The third-order valence-corrected chi connectivity index (χ3v) is 5.38. The quantitative estimate of drug-likeness (QED) is 0.585. The van der Waals surface area contributed by atoms with Crippen LogP contribution in [0.1, 0.15) is 0 Å². The molecule has 0 unspecified atom stereocenters. The molecule has 1 saturated heterocycles. The first-order valence-electron chi connectivity index (χ1n) is 9.12. The third-order valence-electron chi connectivity index (χ3n) is 4.44. The summed E-state index contributed by atoms with van der Waals surface area (Å²) in [6.45, 7) is 3.77. The maximum Gasteiger partial charge on any atom is 0.573 e. The molecule has 0 radical (unpaired) electrons. The molecule has 9 heteroatoms. The number of ether oxygens (including phenoxy) is 1. The van der Waals surface area contributed by atoms with Crippen molar-refractivity contribution < 1.29 is 17.9 Å². The topological polar surface area (TPSA) is 49.4 Å². The van der Waals surface area contributed by atoms with Crippen molar-refractivity contribution in [3.8, 4) is 17.0 Å². The summed E-state index contributed by atoms with van der Waals surface area (Å²) < 4.78 is 47.2. The molecule has 0 spiro atoms. The molecule has 2 N–H and O–H groups in total. The molecule has 0 bridgehead atoms. The number of pyridine rings is 1. The summed E-state index contributed by atoms with van der Waals surface area (Å²) in [7, 11) is 0. The number of benzene rings is 2. The molecule has 5 nitrogen and oxygen atoms in total. The molecule has 0 atom stereocenters. The van der Waals surface area contributed by atoms with Crippen LogP contribution in [-0.4, -0.2) is 41.8 Å². The first-order valence-corrected chi connectivity index (χ1v) is 9.90. The maximum absolute atomic E-state index is 12.5. The molecule has 2 aromatic carbocycles. The van der Waals surface area contributed by atoms with Gasteiger partial charge in [-0.1, -0.05) is 30.3 Å². The fraction of sp³-hybridized carbons (Fsp3) is 0.250. The van der Waals surface area contributed by atoms with Crippen LogP contribution < -0.4 is 14.8 Å². The van der Waals surface area contributed by atoms with Crippen molar-refractivity contribution in [2.75, 3.05) is 30.9 Å². The van der Waals surface area contributed by atoms with E-state index in [2.05, 4.69) is 19.1 Å². The number of halogens is 3. The van der Waals surface area contributed by atoms with E-state index in [4.69, 9.17) is 4.98 Å². The molecule has 1 aromatic heterocycles. The van der Waals surface area contributed by atoms with Gasteiger partial charge in [-0.05, 0) is 24.3 Å². The molecular weight excluding hydrogens is 401 g/mol. The Morgan fingerprint density at radius 3 is 2.62 bits per heavy atom. The van der Waals surface area contributed by atoms with E-state index < -0.39 is 6.36 Å². The number of fused-ring (bicyclic) bond motifs is 1. The van der Waals surface area contributed by atoms with Crippen LogP contribution in [0.3, 0.4) is 0 Å². The number of nitrogens with zero attached hydrogens (tertiary/aromatic N) is 2. The van der Waals surface area contributed by atoms with Gasteiger partial charge in [0.1, 0.15) is 5.75 Å². The van der Waals surface area contributed by atoms with Crippen LogP contribution in [0, 0.1) is 0 Å². The first-order chi connectivity index (χ1) is 14.0. The van der Waals surface area contributed by atoms with Crippen LogP contribution >= 0.6 is 12.1 Å². The number of nitrogens with one attached hydrogen (secondary N) is 2. The Kier molecular flexibility index (Phi) is 5.79. The first kappa shape index (κ1) is 19.8. The Morgan fingerprint density at radius 1 is 1.03 bits per heavy atom. The standard InChI is InChI=1S/C20H19F3N4OS/c21-20(22,23)28-16-5-1-4-15(13-16)17-8-7-14-3-2-6-18(19(14)25-17)26-29-27-11-9-24-10-12-27/h1-8,13,24,26H,9-12H2. The molecule has 3 aromatic rings. The lowest BCUT2D eigenvalue weighted by Crippen LogP contribution is -2.40. The minimum atomic E-state index is -4.73. The van der Waals surface area contributed by atoms with E-state index in [1.807, 2.05) is 24.3 Å². The summed E-state index contributed by atoms with van der Waals surface area (Å²) in [4.78, 5) is 4.70. The van der Waals surface area contributed by atoms with Gasteiger partial charge in [-0.25, -0.2) is 9.29 Å². The van der Waals surface area contributed by atoms with Crippen LogP contribution in [0.2, 0.25) is 0 Å². The Morgan fingerprint density at radius 2 is 1.83 bits per heavy atom. The number of para-hydroxylation sites is 1. The van der Waals surface area contributed by atoms with Gasteiger partial charge in [0.2, 0.25) is 0 Å². The van der Waals surface area contributed by atoms with Crippen LogP contribution in [0.25, 0.3) is 22.2 Å². The summed E-state index contributed by atoms with van der Waals surface area (Å²) in [6, 6.07) is 15.4. The van der Waals surface area contributed by atoms with Gasteiger partial charge in [0.15, 0.2) is 0 Å². The Hall–Kier alpha value is -2.49. The van der Waals surface area contributed by atoms with Crippen molar-refractivity contribution in [3.63, 3.8) is 0 Å². The monoisotopic (exact) mass is 420 g/mol. The van der Waals surface area contributed by atoms with Gasteiger partial charge < -0.3 is 14.8 Å². The van der Waals surface area contributed by atoms with Gasteiger partial charge in [0.05, 0.1) is 16.9 Å². The van der Waals surface area contributed by atoms with Gasteiger partial charge >= 0.3 is 6.36 Å². The number of piperazine rings is 1. The van der Waals surface area contributed by atoms with Crippen molar-refractivity contribution >= 4 is 28.7 Å². The van der Waals surface area contributed by atoms with Crippen LogP contribution in [-0.2, 0) is 0 Å². The van der Waals surface area contributed by atoms with Crippen LogP contribution in [0.15, 0.2) is 54.6 Å². The fourth-order valence-electron chi connectivity index (χ4n) is 3.09. The van der Waals surface area contributed by atoms with E-state index in [0.717, 1.165) is 42.8 Å². The van der Waals surface area contributed by atoms with Gasteiger partial charge in [-0.15, -0.1) is 13.2 Å². The number of alkyl halides is 3. The van der Waals surface area contributed by atoms with Crippen molar-refractivity contribution in [1.29, 1.82) is 0 Å². The lowest BCUT2D eigenvalue weighted by atomic mass is 10.1. The smallest absolute Gasteiger partial charge is 0.406 e. The molecule has 0 aliphatic carbocycles. The molecule has 29 heavy (non-hydrogen) atoms. The highest BCUT2D eigenvalue weighted by Crippen LogP contribution is 2.30. The lowest BCUT2D eigenvalue weighted by Gasteiger charge is -2.26. The summed E-state index contributed by atoms with van der Waals surface area (Å²) in [5, 5.41) is 4.26. The van der Waals surface area contributed by atoms with E-state index in [0.29, 0.717) is 11.3 Å². The summed E-state index contributed by atoms with van der Waals surface area (Å²) in [6.07, 6.45) is -4.73. The molecule has 1 fully saturated rings. The van der Waals surface area contributed by atoms with Gasteiger partial charge in [-0.3, -0.25) is 0 Å². The van der Waals surface area contributed by atoms with E-state index in [-0.39, 0.29) is 5.75 Å². The molecule has 0 amide bonds. The second-order valence-corrected chi connectivity index (χ2v) is 7.42. The number of aromatic nitrogens is 1. The Bertz CT molecular complexity index is 993. The SMILES string of the molecule is FC(F)(F)Oc1cccc(-c2ccc3cccc(NSN4CCNCC4)c3n2)c1. The van der Waals surface area contributed by atoms with Gasteiger partial charge in [-0.2, -0.15) is 0 Å². The normalized spacial score (nSPS) is 15.4. The summed E-state index contributed by atoms with van der Waals surface area (Å²) in [5.41, 5.74) is 2.75. The molecule has 152 valence electrons. The fourth-order valence-corrected chi connectivity index (χ4v) is 3.85. The van der Waals surface area contributed by atoms with E-state index in [1.54, 1.807) is 12.1 Å². The average Bonchev–Trinajstić information content (AvgIpc) is 2.71. The minimum absolute atomic E-state index is 0.266. The zero-order valence-corrected chi connectivity index (χ0v) is 16.2. The van der Waals surface area contributed by atoms with E-state index in [9.17, 15) is 13.2 Å². The minimum Gasteiger partial charge on any atom is -0.406 e. The van der Waals surface area contributed by atoms with Crippen molar-refractivity contribution in [1.82, 2.24) is 14.6 Å². The van der Waals surface area contributed by atoms with Crippen molar-refractivity contribution in [3.05, 3.63) is 54.6 Å². The third kappa shape index (κ3) is 5.11. The number of anilines is 1. The molecular formula is C20H19F3N4OS. The van der Waals surface area contributed by atoms with Crippen LogP contribution in [0.5, 0.6) is 5.75 Å². The summed E-state index contributed by atoms with van der Waals surface area (Å²) >= 11 is 1.53. The maximum atomic E-state index is 12.5. The summed E-state index contributed by atoms with van der Waals surface area (Å²) in [5.74, 6) is -0.266. The highest BCUT2D eigenvalue weighted by Gasteiger charge is 2.31.